The van der Waals surface area contributed by atoms with E-state index >= 15 is 0 Å². The van der Waals surface area contributed by atoms with Crippen molar-refractivity contribution in [3.8, 4) is 17.2 Å². The molecule has 0 fully saturated rings. The van der Waals surface area contributed by atoms with Crippen LogP contribution in [0.1, 0.15) is 53.6 Å². The topological polar surface area (TPSA) is 65.4 Å². The van der Waals surface area contributed by atoms with Gasteiger partial charge in [-0.2, -0.15) is 0 Å². The van der Waals surface area contributed by atoms with E-state index < -0.39 is 0 Å². The summed E-state index contributed by atoms with van der Waals surface area (Å²) in [6, 6.07) is 11.3. The van der Waals surface area contributed by atoms with Crippen molar-refractivity contribution in [2.45, 2.75) is 40.2 Å². The van der Waals surface area contributed by atoms with Crippen LogP contribution >= 0.6 is 0 Å². The largest absolute Gasteiger partial charge is 0.493 e. The molecule has 0 spiro atoms. The van der Waals surface area contributed by atoms with Gasteiger partial charge in [0.25, 0.3) is 5.91 Å². The van der Waals surface area contributed by atoms with Gasteiger partial charge < -0.3 is 19.4 Å². The van der Waals surface area contributed by atoms with Crippen molar-refractivity contribution in [1.29, 1.82) is 0 Å². The standard InChI is InChI=1S/C24H29N3O3/c1-6-12-30-22-10-9-19(14-23(22)29-5)17(3)26-24(28)21-13-16(2)27(18(21)4)20-8-7-11-25-15-20/h7-11,13-15,17H,6,12H2,1-5H3,(H,26,28). The molecule has 30 heavy (non-hydrogen) atoms. The molecule has 6 heteroatoms. The Morgan fingerprint density at radius 3 is 2.67 bits per heavy atom. The summed E-state index contributed by atoms with van der Waals surface area (Å²) in [6.07, 6.45) is 4.45. The number of amides is 1. The minimum Gasteiger partial charge on any atom is -0.493 e. The van der Waals surface area contributed by atoms with Crippen molar-refractivity contribution in [3.05, 3.63) is 71.3 Å². The maximum Gasteiger partial charge on any atom is 0.253 e. The number of nitrogens with one attached hydrogen (secondary N) is 1. The molecular formula is C24H29N3O3. The van der Waals surface area contributed by atoms with Crippen LogP contribution in [0.2, 0.25) is 0 Å². The van der Waals surface area contributed by atoms with E-state index in [4.69, 9.17) is 9.47 Å². The number of rotatable bonds is 8. The van der Waals surface area contributed by atoms with E-state index in [1.165, 1.54) is 0 Å². The molecule has 0 aliphatic heterocycles. The zero-order valence-corrected chi connectivity index (χ0v) is 18.2. The van der Waals surface area contributed by atoms with Crippen LogP contribution in [-0.2, 0) is 0 Å². The van der Waals surface area contributed by atoms with Gasteiger partial charge >= 0.3 is 0 Å². The number of ether oxygens (including phenoxy) is 2. The molecule has 3 rings (SSSR count). The number of hydrogen-bond donors (Lipinski definition) is 1. The monoisotopic (exact) mass is 407 g/mol. The number of carbonyl (C=O) groups excluding carboxylic acids is 1. The second kappa shape index (κ2) is 9.48. The van der Waals surface area contributed by atoms with Crippen LogP contribution in [0.3, 0.4) is 0 Å². The van der Waals surface area contributed by atoms with Gasteiger partial charge in [-0.15, -0.1) is 0 Å². The lowest BCUT2D eigenvalue weighted by Crippen LogP contribution is -2.27. The number of benzene rings is 1. The van der Waals surface area contributed by atoms with Crippen molar-refractivity contribution >= 4 is 5.91 Å². The molecule has 1 aromatic carbocycles. The zero-order valence-electron chi connectivity index (χ0n) is 18.2. The average Bonchev–Trinajstić information content (AvgIpc) is 3.06. The first kappa shape index (κ1) is 21.4. The van der Waals surface area contributed by atoms with Gasteiger partial charge in [-0.25, -0.2) is 0 Å². The molecule has 2 heterocycles. The summed E-state index contributed by atoms with van der Waals surface area (Å²) in [4.78, 5) is 17.2. The van der Waals surface area contributed by atoms with Crippen LogP contribution in [0.4, 0.5) is 0 Å². The second-order valence-corrected chi connectivity index (χ2v) is 7.29. The van der Waals surface area contributed by atoms with Gasteiger partial charge in [-0.3, -0.25) is 9.78 Å². The molecular weight excluding hydrogens is 378 g/mol. The number of carbonyl (C=O) groups is 1. The minimum absolute atomic E-state index is 0.115. The normalized spacial score (nSPS) is 11.8. The Hall–Kier alpha value is -3.28. The van der Waals surface area contributed by atoms with E-state index in [2.05, 4.69) is 17.2 Å². The molecule has 0 aliphatic rings. The average molecular weight is 408 g/mol. The summed E-state index contributed by atoms with van der Waals surface area (Å²) in [6.45, 7) is 8.58. The fourth-order valence-corrected chi connectivity index (χ4v) is 3.52. The first-order valence-electron chi connectivity index (χ1n) is 10.2. The van der Waals surface area contributed by atoms with E-state index in [9.17, 15) is 4.79 Å². The van der Waals surface area contributed by atoms with E-state index in [1.54, 1.807) is 19.5 Å². The quantitative estimate of drug-likeness (QED) is 0.584. The molecule has 0 aliphatic carbocycles. The maximum absolute atomic E-state index is 13.0. The van der Waals surface area contributed by atoms with Gasteiger partial charge in [0.2, 0.25) is 0 Å². The van der Waals surface area contributed by atoms with E-state index in [0.29, 0.717) is 23.7 Å². The molecule has 0 saturated heterocycles. The number of nitrogens with zero attached hydrogens (tertiary/aromatic N) is 2. The van der Waals surface area contributed by atoms with Crippen LogP contribution in [0.25, 0.3) is 5.69 Å². The predicted octanol–water partition coefficient (Wildman–Crippen LogP) is 4.78. The van der Waals surface area contributed by atoms with Crippen LogP contribution < -0.4 is 14.8 Å². The fourth-order valence-electron chi connectivity index (χ4n) is 3.52. The summed E-state index contributed by atoms with van der Waals surface area (Å²) in [5.41, 5.74) is 4.40. The highest BCUT2D eigenvalue weighted by Crippen LogP contribution is 2.30. The molecule has 1 N–H and O–H groups in total. The Morgan fingerprint density at radius 1 is 1.20 bits per heavy atom. The van der Waals surface area contributed by atoms with Crippen molar-refractivity contribution in [2.75, 3.05) is 13.7 Å². The lowest BCUT2D eigenvalue weighted by Gasteiger charge is -2.17. The third-order valence-electron chi connectivity index (χ3n) is 5.08. The fraction of sp³-hybridized carbons (Fsp3) is 0.333. The first-order valence-corrected chi connectivity index (χ1v) is 10.2. The smallest absolute Gasteiger partial charge is 0.253 e. The number of methoxy groups -OCH3 is 1. The summed E-state index contributed by atoms with van der Waals surface area (Å²) in [5.74, 6) is 1.26. The SMILES string of the molecule is CCCOc1ccc(C(C)NC(=O)c2cc(C)n(-c3cccnc3)c2C)cc1OC. The number of pyridine rings is 1. The number of aryl methyl sites for hydroxylation is 1. The lowest BCUT2D eigenvalue weighted by atomic mass is 10.1. The van der Waals surface area contributed by atoms with E-state index in [1.807, 2.05) is 61.7 Å². The Kier molecular flexibility index (Phi) is 6.77. The Morgan fingerprint density at radius 2 is 2.00 bits per heavy atom. The van der Waals surface area contributed by atoms with Crippen LogP contribution in [-0.4, -0.2) is 29.2 Å². The van der Waals surface area contributed by atoms with Crippen LogP contribution in [0, 0.1) is 13.8 Å². The van der Waals surface area contributed by atoms with Crippen LogP contribution in [0.15, 0.2) is 48.8 Å². The lowest BCUT2D eigenvalue weighted by molar-refractivity contribution is 0.0939. The molecule has 0 saturated carbocycles. The molecule has 0 bridgehead atoms. The predicted molar refractivity (Wildman–Crippen MR) is 118 cm³/mol. The van der Waals surface area contributed by atoms with E-state index in [-0.39, 0.29) is 11.9 Å². The van der Waals surface area contributed by atoms with Crippen molar-refractivity contribution in [3.63, 3.8) is 0 Å². The van der Waals surface area contributed by atoms with Gasteiger partial charge in [0.15, 0.2) is 11.5 Å². The molecule has 158 valence electrons. The van der Waals surface area contributed by atoms with Crippen LogP contribution in [0.5, 0.6) is 11.5 Å². The number of aromatic nitrogens is 2. The van der Waals surface area contributed by atoms with Crippen molar-refractivity contribution in [1.82, 2.24) is 14.9 Å². The highest BCUT2D eigenvalue weighted by molar-refractivity contribution is 5.96. The molecule has 1 unspecified atom stereocenters. The van der Waals surface area contributed by atoms with Gasteiger partial charge in [0, 0.05) is 17.6 Å². The zero-order chi connectivity index (χ0) is 21.7. The molecule has 0 radical (unpaired) electrons. The highest BCUT2D eigenvalue weighted by atomic mass is 16.5. The molecule has 6 nitrogen and oxygen atoms in total. The van der Waals surface area contributed by atoms with Crippen molar-refractivity contribution < 1.29 is 14.3 Å². The summed E-state index contributed by atoms with van der Waals surface area (Å²) >= 11 is 0. The molecule has 3 aromatic rings. The molecule has 1 atom stereocenters. The van der Waals surface area contributed by atoms with Gasteiger partial charge in [0.1, 0.15) is 0 Å². The van der Waals surface area contributed by atoms with Crippen molar-refractivity contribution in [2.24, 2.45) is 0 Å². The number of hydrogen-bond acceptors (Lipinski definition) is 4. The Labute approximate surface area is 177 Å². The van der Waals surface area contributed by atoms with E-state index in [0.717, 1.165) is 29.1 Å². The third kappa shape index (κ3) is 4.48. The highest BCUT2D eigenvalue weighted by Gasteiger charge is 2.19. The summed E-state index contributed by atoms with van der Waals surface area (Å²) in [5, 5.41) is 3.09. The second-order valence-electron chi connectivity index (χ2n) is 7.29. The van der Waals surface area contributed by atoms with Gasteiger partial charge in [-0.1, -0.05) is 13.0 Å². The first-order chi connectivity index (χ1) is 14.5. The molecule has 2 aromatic heterocycles. The van der Waals surface area contributed by atoms with Gasteiger partial charge in [0.05, 0.1) is 37.2 Å². The third-order valence-corrected chi connectivity index (χ3v) is 5.08. The minimum atomic E-state index is -0.187. The maximum atomic E-state index is 13.0. The van der Waals surface area contributed by atoms with Gasteiger partial charge in [-0.05, 0) is 63.1 Å². The summed E-state index contributed by atoms with van der Waals surface area (Å²) in [7, 11) is 1.62. The molecule has 1 amide bonds. The Balaban J connectivity index is 1.80. The summed E-state index contributed by atoms with van der Waals surface area (Å²) < 4.78 is 13.2. The Bertz CT molecular complexity index is 1010.